The van der Waals surface area contributed by atoms with Crippen molar-refractivity contribution in [3.05, 3.63) is 53.3 Å². The van der Waals surface area contributed by atoms with Gasteiger partial charge in [0.25, 0.3) is 0 Å². The summed E-state index contributed by atoms with van der Waals surface area (Å²) in [5.41, 5.74) is 1.23. The average Bonchev–Trinajstić information content (AvgIpc) is 2.90. The number of benzene rings is 2. The molecule has 1 heterocycles. The Hall–Kier alpha value is -2.95. The van der Waals surface area contributed by atoms with Crippen molar-refractivity contribution in [3.8, 4) is 23.0 Å². The van der Waals surface area contributed by atoms with Gasteiger partial charge < -0.3 is 18.9 Å². The minimum atomic E-state index is -0.169. The number of ketones is 1. The third kappa shape index (κ3) is 2.80. The van der Waals surface area contributed by atoms with Gasteiger partial charge in [0.2, 0.25) is 5.78 Å². The van der Waals surface area contributed by atoms with Crippen molar-refractivity contribution in [1.29, 1.82) is 0 Å². The fourth-order valence-corrected chi connectivity index (χ4v) is 2.59. The maximum absolute atomic E-state index is 12.5. The van der Waals surface area contributed by atoms with E-state index in [-0.39, 0.29) is 11.5 Å². The van der Waals surface area contributed by atoms with Crippen LogP contribution in [0.25, 0.3) is 6.08 Å². The van der Waals surface area contributed by atoms with Crippen molar-refractivity contribution in [2.75, 3.05) is 20.8 Å². The molecule has 0 bridgehead atoms. The zero-order chi connectivity index (χ0) is 17.1. The predicted octanol–water partition coefficient (Wildman–Crippen LogP) is 3.72. The highest BCUT2D eigenvalue weighted by Crippen LogP contribution is 2.37. The van der Waals surface area contributed by atoms with Crippen LogP contribution in [0.2, 0.25) is 0 Å². The molecule has 2 aromatic rings. The Morgan fingerprint density at radius 3 is 2.67 bits per heavy atom. The molecule has 0 unspecified atom stereocenters. The van der Waals surface area contributed by atoms with Crippen LogP contribution >= 0.6 is 0 Å². The molecular formula is C19H18O5. The Balaban J connectivity index is 1.97. The summed E-state index contributed by atoms with van der Waals surface area (Å²) < 4.78 is 21.8. The second-order valence-electron chi connectivity index (χ2n) is 5.11. The summed E-state index contributed by atoms with van der Waals surface area (Å²) in [5.74, 6) is 2.38. The van der Waals surface area contributed by atoms with Crippen molar-refractivity contribution < 1.29 is 23.7 Å². The van der Waals surface area contributed by atoms with Gasteiger partial charge in [0.1, 0.15) is 11.5 Å². The van der Waals surface area contributed by atoms with Gasteiger partial charge in [-0.3, -0.25) is 4.79 Å². The zero-order valence-corrected chi connectivity index (χ0v) is 13.8. The van der Waals surface area contributed by atoms with Gasteiger partial charge in [-0.1, -0.05) is 12.1 Å². The molecule has 0 aliphatic carbocycles. The van der Waals surface area contributed by atoms with E-state index in [0.29, 0.717) is 40.7 Å². The molecular weight excluding hydrogens is 308 g/mol. The molecule has 3 rings (SSSR count). The Kier molecular flexibility index (Phi) is 4.42. The standard InChI is InChI=1S/C19H18O5/c1-4-23-13-8-9-14-16(11-13)24-17(18(14)20)10-12-6-5-7-15(21-2)19(12)22-3/h5-11H,4H2,1-3H3. The van der Waals surface area contributed by atoms with Gasteiger partial charge in [-0.2, -0.15) is 0 Å². The fraction of sp³-hybridized carbons (Fsp3) is 0.211. The van der Waals surface area contributed by atoms with Gasteiger partial charge in [0.15, 0.2) is 17.3 Å². The summed E-state index contributed by atoms with van der Waals surface area (Å²) in [6.07, 6.45) is 1.66. The predicted molar refractivity (Wildman–Crippen MR) is 90.1 cm³/mol. The Labute approximate surface area is 140 Å². The highest BCUT2D eigenvalue weighted by atomic mass is 16.5. The summed E-state index contributed by atoms with van der Waals surface area (Å²) in [7, 11) is 3.12. The molecule has 0 saturated carbocycles. The van der Waals surface area contributed by atoms with Crippen molar-refractivity contribution >= 4 is 11.9 Å². The molecule has 0 N–H and O–H groups in total. The van der Waals surface area contributed by atoms with Crippen molar-refractivity contribution in [2.24, 2.45) is 0 Å². The molecule has 0 amide bonds. The van der Waals surface area contributed by atoms with E-state index in [1.54, 1.807) is 44.6 Å². The van der Waals surface area contributed by atoms with Crippen LogP contribution in [-0.4, -0.2) is 26.6 Å². The number of rotatable bonds is 5. The summed E-state index contributed by atoms with van der Waals surface area (Å²) in [6.45, 7) is 2.45. The Bertz CT molecular complexity index is 807. The van der Waals surface area contributed by atoms with Gasteiger partial charge >= 0.3 is 0 Å². The quantitative estimate of drug-likeness (QED) is 0.784. The molecule has 5 heteroatoms. The lowest BCUT2D eigenvalue weighted by molar-refractivity contribution is 0.101. The molecule has 24 heavy (non-hydrogen) atoms. The Morgan fingerprint density at radius 2 is 1.96 bits per heavy atom. The van der Waals surface area contributed by atoms with Gasteiger partial charge in [0, 0.05) is 11.6 Å². The van der Waals surface area contributed by atoms with Gasteiger partial charge in [-0.25, -0.2) is 0 Å². The van der Waals surface area contributed by atoms with E-state index < -0.39 is 0 Å². The fourth-order valence-electron chi connectivity index (χ4n) is 2.59. The SMILES string of the molecule is CCOc1ccc2c(c1)OC(=Cc1cccc(OC)c1OC)C2=O. The Morgan fingerprint density at radius 1 is 1.12 bits per heavy atom. The molecule has 2 aromatic carbocycles. The largest absolute Gasteiger partial charge is 0.494 e. The first-order valence-electron chi connectivity index (χ1n) is 7.60. The first kappa shape index (κ1) is 15.9. The van der Waals surface area contributed by atoms with E-state index in [1.807, 2.05) is 19.1 Å². The van der Waals surface area contributed by atoms with E-state index >= 15 is 0 Å². The summed E-state index contributed by atoms with van der Waals surface area (Å²) in [5, 5.41) is 0. The summed E-state index contributed by atoms with van der Waals surface area (Å²) in [4.78, 5) is 12.5. The minimum Gasteiger partial charge on any atom is -0.494 e. The molecule has 0 atom stereocenters. The number of fused-ring (bicyclic) bond motifs is 1. The van der Waals surface area contributed by atoms with Gasteiger partial charge in [0.05, 0.1) is 26.4 Å². The highest BCUT2D eigenvalue weighted by molar-refractivity contribution is 6.14. The number of carbonyl (C=O) groups is 1. The lowest BCUT2D eigenvalue weighted by Crippen LogP contribution is -1.99. The van der Waals surface area contributed by atoms with Crippen LogP contribution in [0.3, 0.4) is 0 Å². The van der Waals surface area contributed by atoms with E-state index in [4.69, 9.17) is 18.9 Å². The van der Waals surface area contributed by atoms with Crippen LogP contribution in [0.4, 0.5) is 0 Å². The van der Waals surface area contributed by atoms with Crippen molar-refractivity contribution in [1.82, 2.24) is 0 Å². The molecule has 0 saturated heterocycles. The second kappa shape index (κ2) is 6.66. The molecule has 0 aromatic heterocycles. The first-order valence-corrected chi connectivity index (χ1v) is 7.60. The number of Topliss-reactive ketones (excluding diaryl/α,β-unsaturated/α-hetero) is 1. The van der Waals surface area contributed by atoms with E-state index in [0.717, 1.165) is 0 Å². The number of para-hydroxylation sites is 1. The number of hydrogen-bond donors (Lipinski definition) is 0. The van der Waals surface area contributed by atoms with Crippen LogP contribution in [0, 0.1) is 0 Å². The maximum Gasteiger partial charge on any atom is 0.231 e. The third-order valence-electron chi connectivity index (χ3n) is 3.67. The van der Waals surface area contributed by atoms with E-state index in [9.17, 15) is 4.79 Å². The molecule has 1 aliphatic heterocycles. The number of carbonyl (C=O) groups excluding carboxylic acids is 1. The average molecular weight is 326 g/mol. The molecule has 124 valence electrons. The third-order valence-corrected chi connectivity index (χ3v) is 3.67. The second-order valence-corrected chi connectivity index (χ2v) is 5.11. The molecule has 0 radical (unpaired) electrons. The lowest BCUT2D eigenvalue weighted by atomic mass is 10.1. The number of hydrogen-bond acceptors (Lipinski definition) is 5. The van der Waals surface area contributed by atoms with Crippen molar-refractivity contribution in [3.63, 3.8) is 0 Å². The first-order chi connectivity index (χ1) is 11.7. The van der Waals surface area contributed by atoms with Crippen LogP contribution in [0.1, 0.15) is 22.8 Å². The molecule has 1 aliphatic rings. The van der Waals surface area contributed by atoms with Crippen LogP contribution in [-0.2, 0) is 0 Å². The van der Waals surface area contributed by atoms with E-state index in [2.05, 4.69) is 0 Å². The van der Waals surface area contributed by atoms with Crippen LogP contribution in [0.15, 0.2) is 42.2 Å². The summed E-state index contributed by atoms with van der Waals surface area (Å²) >= 11 is 0. The number of methoxy groups -OCH3 is 2. The zero-order valence-electron chi connectivity index (χ0n) is 13.8. The lowest BCUT2D eigenvalue weighted by Gasteiger charge is -2.10. The summed E-state index contributed by atoms with van der Waals surface area (Å²) in [6, 6.07) is 10.7. The maximum atomic E-state index is 12.5. The molecule has 0 spiro atoms. The van der Waals surface area contributed by atoms with Crippen molar-refractivity contribution in [2.45, 2.75) is 6.92 Å². The molecule has 0 fully saturated rings. The number of allylic oxidation sites excluding steroid dienone is 1. The van der Waals surface area contributed by atoms with Crippen LogP contribution in [0.5, 0.6) is 23.0 Å². The van der Waals surface area contributed by atoms with Crippen LogP contribution < -0.4 is 18.9 Å². The van der Waals surface area contributed by atoms with Gasteiger partial charge in [-0.15, -0.1) is 0 Å². The molecule has 5 nitrogen and oxygen atoms in total. The highest BCUT2D eigenvalue weighted by Gasteiger charge is 2.28. The smallest absolute Gasteiger partial charge is 0.231 e. The normalized spacial score (nSPS) is 14.3. The minimum absolute atomic E-state index is 0.169. The topological polar surface area (TPSA) is 54.0 Å². The number of ether oxygens (including phenoxy) is 4. The monoisotopic (exact) mass is 326 g/mol. The van der Waals surface area contributed by atoms with E-state index in [1.165, 1.54) is 0 Å². The van der Waals surface area contributed by atoms with Gasteiger partial charge in [-0.05, 0) is 31.2 Å².